The van der Waals surface area contributed by atoms with Crippen LogP contribution >= 0.6 is 0 Å². The highest BCUT2D eigenvalue weighted by Gasteiger charge is 2.25. The van der Waals surface area contributed by atoms with Crippen LogP contribution in [0.3, 0.4) is 0 Å². The summed E-state index contributed by atoms with van der Waals surface area (Å²) in [5.74, 6) is 0.0775. The molecule has 0 saturated heterocycles. The molecule has 3 heteroatoms. The Morgan fingerprint density at radius 2 is 2.14 bits per heavy atom. The van der Waals surface area contributed by atoms with Crippen molar-refractivity contribution in [1.29, 1.82) is 0 Å². The van der Waals surface area contributed by atoms with Crippen LogP contribution in [0, 0.1) is 13.8 Å². The van der Waals surface area contributed by atoms with E-state index in [-0.39, 0.29) is 5.91 Å². The molecule has 0 atom stereocenters. The van der Waals surface area contributed by atoms with E-state index in [0.29, 0.717) is 6.04 Å². The van der Waals surface area contributed by atoms with E-state index in [4.69, 9.17) is 0 Å². The maximum atomic E-state index is 11.8. The highest BCUT2D eigenvalue weighted by molar-refractivity contribution is 5.96. The highest BCUT2D eigenvalue weighted by atomic mass is 16.1. The molecule has 0 aromatic carbocycles. The zero-order valence-corrected chi connectivity index (χ0v) is 8.92. The minimum absolute atomic E-state index is 0.0775. The number of amides is 1. The summed E-state index contributed by atoms with van der Waals surface area (Å²) in [5.41, 5.74) is 2.99. The molecule has 1 fully saturated rings. The van der Waals surface area contributed by atoms with Crippen molar-refractivity contribution in [3.8, 4) is 0 Å². The summed E-state index contributed by atoms with van der Waals surface area (Å²) in [6.45, 7) is 4.00. The maximum absolute atomic E-state index is 11.8. The number of nitrogens with one attached hydrogen (secondary N) is 1. The fourth-order valence-electron chi connectivity index (χ4n) is 1.58. The molecule has 1 aromatic heterocycles. The molecule has 1 saturated carbocycles. The van der Waals surface area contributed by atoms with Crippen LogP contribution in [-0.4, -0.2) is 16.5 Å². The molecule has 3 nitrogen and oxygen atoms in total. The molecule has 1 aliphatic carbocycles. The van der Waals surface area contributed by atoms with Crippen LogP contribution in [0.25, 0.3) is 0 Å². The van der Waals surface area contributed by atoms with Crippen molar-refractivity contribution < 1.29 is 4.79 Å². The first-order valence-corrected chi connectivity index (χ1v) is 5.03. The number of aromatic nitrogens is 1. The molecular formula is C11H16N2O. The van der Waals surface area contributed by atoms with Crippen molar-refractivity contribution in [3.05, 3.63) is 23.0 Å². The molecule has 0 spiro atoms. The lowest BCUT2D eigenvalue weighted by Gasteiger charge is -2.03. The standard InChI is InChI=1S/C11H16N2O/c1-7-6-10(8(2)13(7)3)11(14)12-9-4-5-9/h6,9H,4-5H2,1-3H3,(H,12,14). The third-order valence-corrected chi connectivity index (χ3v) is 2.93. The molecule has 1 aromatic rings. The van der Waals surface area contributed by atoms with E-state index < -0.39 is 0 Å². The fourth-order valence-corrected chi connectivity index (χ4v) is 1.58. The maximum Gasteiger partial charge on any atom is 0.253 e. The SMILES string of the molecule is Cc1cc(C(=O)NC2CC2)c(C)n1C. The predicted molar refractivity (Wildman–Crippen MR) is 55.4 cm³/mol. The first kappa shape index (κ1) is 9.31. The number of carbonyl (C=O) groups is 1. The van der Waals surface area contributed by atoms with Gasteiger partial charge in [0, 0.05) is 24.5 Å². The van der Waals surface area contributed by atoms with Gasteiger partial charge in [-0.1, -0.05) is 0 Å². The highest BCUT2D eigenvalue weighted by Crippen LogP contribution is 2.20. The monoisotopic (exact) mass is 192 g/mol. The van der Waals surface area contributed by atoms with Gasteiger partial charge in [-0.2, -0.15) is 0 Å². The smallest absolute Gasteiger partial charge is 0.253 e. The first-order valence-electron chi connectivity index (χ1n) is 5.03. The minimum Gasteiger partial charge on any atom is -0.351 e. The predicted octanol–water partition coefficient (Wildman–Crippen LogP) is 1.53. The van der Waals surface area contributed by atoms with Crippen molar-refractivity contribution >= 4 is 5.91 Å². The Kier molecular flexibility index (Phi) is 2.10. The topological polar surface area (TPSA) is 34.0 Å². The Morgan fingerprint density at radius 3 is 2.57 bits per heavy atom. The normalized spacial score (nSPS) is 15.6. The molecule has 76 valence electrons. The van der Waals surface area contributed by atoms with E-state index in [1.54, 1.807) is 0 Å². The van der Waals surface area contributed by atoms with Gasteiger partial charge in [0.05, 0.1) is 5.56 Å². The van der Waals surface area contributed by atoms with Crippen molar-refractivity contribution in [3.63, 3.8) is 0 Å². The van der Waals surface area contributed by atoms with Gasteiger partial charge in [0.1, 0.15) is 0 Å². The zero-order chi connectivity index (χ0) is 10.3. The fraction of sp³-hybridized carbons (Fsp3) is 0.545. The van der Waals surface area contributed by atoms with E-state index in [0.717, 1.165) is 29.8 Å². The molecule has 2 rings (SSSR count). The zero-order valence-electron chi connectivity index (χ0n) is 8.92. The molecule has 14 heavy (non-hydrogen) atoms. The first-order chi connectivity index (χ1) is 6.59. The Balaban J connectivity index is 2.21. The summed E-state index contributed by atoms with van der Waals surface area (Å²) < 4.78 is 2.04. The van der Waals surface area contributed by atoms with Crippen LogP contribution in [0.2, 0.25) is 0 Å². The number of carbonyl (C=O) groups excluding carboxylic acids is 1. The van der Waals surface area contributed by atoms with Gasteiger partial charge in [0.25, 0.3) is 5.91 Å². The van der Waals surface area contributed by atoms with Crippen molar-refractivity contribution in [2.24, 2.45) is 7.05 Å². The van der Waals surface area contributed by atoms with E-state index in [1.807, 2.05) is 31.5 Å². The summed E-state index contributed by atoms with van der Waals surface area (Å²) in [7, 11) is 1.98. The average Bonchev–Trinajstić information content (AvgIpc) is 2.90. The number of rotatable bonds is 2. The molecule has 0 aliphatic heterocycles. The van der Waals surface area contributed by atoms with E-state index in [2.05, 4.69) is 5.32 Å². The van der Waals surface area contributed by atoms with Crippen LogP contribution in [0.15, 0.2) is 6.07 Å². The Bertz CT molecular complexity index is 375. The third kappa shape index (κ3) is 1.54. The number of hydrogen-bond acceptors (Lipinski definition) is 1. The molecule has 1 heterocycles. The summed E-state index contributed by atoms with van der Waals surface area (Å²) in [4.78, 5) is 11.8. The van der Waals surface area contributed by atoms with E-state index in [1.165, 1.54) is 0 Å². The Morgan fingerprint density at radius 1 is 1.50 bits per heavy atom. The molecule has 0 bridgehead atoms. The van der Waals surface area contributed by atoms with Crippen molar-refractivity contribution in [1.82, 2.24) is 9.88 Å². The summed E-state index contributed by atoms with van der Waals surface area (Å²) in [6.07, 6.45) is 2.27. The molecular weight excluding hydrogens is 176 g/mol. The van der Waals surface area contributed by atoms with Gasteiger partial charge >= 0.3 is 0 Å². The van der Waals surface area contributed by atoms with Crippen LogP contribution in [-0.2, 0) is 7.05 Å². The second kappa shape index (κ2) is 3.15. The summed E-state index contributed by atoms with van der Waals surface area (Å²) >= 11 is 0. The minimum atomic E-state index is 0.0775. The van der Waals surface area contributed by atoms with Gasteiger partial charge in [0.15, 0.2) is 0 Å². The van der Waals surface area contributed by atoms with Crippen molar-refractivity contribution in [2.45, 2.75) is 32.7 Å². The number of hydrogen-bond donors (Lipinski definition) is 1. The van der Waals surface area contributed by atoms with Crippen LogP contribution in [0.5, 0.6) is 0 Å². The third-order valence-electron chi connectivity index (χ3n) is 2.93. The van der Waals surface area contributed by atoms with Crippen LogP contribution in [0.4, 0.5) is 0 Å². The molecule has 0 radical (unpaired) electrons. The summed E-state index contributed by atoms with van der Waals surface area (Å²) in [6, 6.07) is 2.38. The van der Waals surface area contributed by atoms with E-state index in [9.17, 15) is 4.79 Å². The molecule has 0 unspecified atom stereocenters. The van der Waals surface area contributed by atoms with Gasteiger partial charge in [-0.25, -0.2) is 0 Å². The molecule has 1 N–H and O–H groups in total. The van der Waals surface area contributed by atoms with Crippen molar-refractivity contribution in [2.75, 3.05) is 0 Å². The largest absolute Gasteiger partial charge is 0.351 e. The molecule has 1 aliphatic rings. The van der Waals surface area contributed by atoms with Gasteiger partial charge in [0.2, 0.25) is 0 Å². The van der Waals surface area contributed by atoms with E-state index >= 15 is 0 Å². The average molecular weight is 192 g/mol. The lowest BCUT2D eigenvalue weighted by molar-refractivity contribution is 0.0950. The second-order valence-corrected chi connectivity index (χ2v) is 4.09. The van der Waals surface area contributed by atoms with Gasteiger partial charge in [-0.15, -0.1) is 0 Å². The second-order valence-electron chi connectivity index (χ2n) is 4.09. The van der Waals surface area contributed by atoms with Crippen LogP contribution in [0.1, 0.15) is 34.6 Å². The Hall–Kier alpha value is -1.25. The van der Waals surface area contributed by atoms with Gasteiger partial charge in [-0.05, 0) is 32.8 Å². The quantitative estimate of drug-likeness (QED) is 0.757. The van der Waals surface area contributed by atoms with Crippen LogP contribution < -0.4 is 5.32 Å². The number of aryl methyl sites for hydroxylation is 1. The number of nitrogens with zero attached hydrogens (tertiary/aromatic N) is 1. The van der Waals surface area contributed by atoms with Gasteiger partial charge in [-0.3, -0.25) is 4.79 Å². The lowest BCUT2D eigenvalue weighted by atomic mass is 10.2. The lowest BCUT2D eigenvalue weighted by Crippen LogP contribution is -2.25. The summed E-state index contributed by atoms with van der Waals surface area (Å²) in [5, 5.41) is 3.00. The molecule has 1 amide bonds. The van der Waals surface area contributed by atoms with Gasteiger partial charge < -0.3 is 9.88 Å². The Labute approximate surface area is 84.1 Å².